The molecule has 1 unspecified atom stereocenters. The number of rotatable bonds is 5. The summed E-state index contributed by atoms with van der Waals surface area (Å²) in [6.07, 6.45) is 1.95. The molecule has 1 rings (SSSR count). The van der Waals surface area contributed by atoms with E-state index < -0.39 is 6.10 Å². The van der Waals surface area contributed by atoms with Crippen molar-refractivity contribution in [2.45, 2.75) is 25.9 Å². The maximum atomic E-state index is 11.5. The van der Waals surface area contributed by atoms with E-state index in [4.69, 9.17) is 5.11 Å². The maximum Gasteiger partial charge on any atom is 0.224 e. The number of aliphatic hydroxyl groups excluding tert-OH is 1. The Morgan fingerprint density at radius 1 is 1.53 bits per heavy atom. The predicted molar refractivity (Wildman–Crippen MR) is 68.1 cm³/mol. The summed E-state index contributed by atoms with van der Waals surface area (Å²) in [5.74, 6) is 0.734. The smallest absolute Gasteiger partial charge is 0.224 e. The van der Waals surface area contributed by atoms with E-state index in [-0.39, 0.29) is 5.91 Å². The van der Waals surface area contributed by atoms with Crippen molar-refractivity contribution in [3.05, 3.63) is 18.3 Å². The number of carbonyl (C=O) groups is 1. The lowest BCUT2D eigenvalue weighted by molar-refractivity contribution is -0.116. The summed E-state index contributed by atoms with van der Waals surface area (Å²) in [5.41, 5.74) is 0.672. The highest BCUT2D eigenvalue weighted by Crippen LogP contribution is 2.12. The Balaban J connectivity index is 2.48. The lowest BCUT2D eigenvalue weighted by Crippen LogP contribution is -2.15. The fourth-order valence-corrected chi connectivity index (χ4v) is 1.29. The van der Waals surface area contributed by atoms with Gasteiger partial charge in [0, 0.05) is 20.5 Å². The molecule has 0 radical (unpaired) electrons. The molecule has 2 N–H and O–H groups in total. The summed E-state index contributed by atoms with van der Waals surface area (Å²) in [6.45, 7) is 1.67. The molecular formula is C12H19N3O2. The molecular weight excluding hydrogens is 218 g/mol. The summed E-state index contributed by atoms with van der Waals surface area (Å²) in [4.78, 5) is 17.6. The largest absolute Gasteiger partial charge is 0.393 e. The van der Waals surface area contributed by atoms with Crippen molar-refractivity contribution in [3.8, 4) is 0 Å². The van der Waals surface area contributed by atoms with Gasteiger partial charge in [0.05, 0.1) is 18.0 Å². The second-order valence-corrected chi connectivity index (χ2v) is 4.24. The number of nitrogens with zero attached hydrogens (tertiary/aromatic N) is 2. The van der Waals surface area contributed by atoms with Crippen molar-refractivity contribution in [1.82, 2.24) is 4.98 Å². The zero-order chi connectivity index (χ0) is 12.8. The van der Waals surface area contributed by atoms with Crippen molar-refractivity contribution in [2.75, 3.05) is 24.3 Å². The molecule has 0 bridgehead atoms. The van der Waals surface area contributed by atoms with Crippen LogP contribution in [0.2, 0.25) is 0 Å². The molecule has 0 saturated carbocycles. The molecule has 0 fully saturated rings. The summed E-state index contributed by atoms with van der Waals surface area (Å²) >= 11 is 0. The van der Waals surface area contributed by atoms with E-state index in [1.54, 1.807) is 13.1 Å². The number of aliphatic hydroxyl groups is 1. The van der Waals surface area contributed by atoms with E-state index in [9.17, 15) is 4.79 Å². The van der Waals surface area contributed by atoms with Crippen LogP contribution >= 0.6 is 0 Å². The fraction of sp³-hybridized carbons (Fsp3) is 0.500. The number of nitrogens with one attached hydrogen (secondary N) is 1. The minimum absolute atomic E-state index is 0.106. The SMILES string of the molecule is CC(O)CCC(=O)Nc1ccc(N(C)C)nc1. The highest BCUT2D eigenvalue weighted by molar-refractivity contribution is 5.90. The zero-order valence-corrected chi connectivity index (χ0v) is 10.5. The van der Waals surface area contributed by atoms with Crippen LogP contribution in [0.4, 0.5) is 11.5 Å². The Morgan fingerprint density at radius 2 is 2.24 bits per heavy atom. The Bertz CT molecular complexity index is 361. The molecule has 1 amide bonds. The minimum atomic E-state index is -0.449. The molecule has 94 valence electrons. The third kappa shape index (κ3) is 4.82. The van der Waals surface area contributed by atoms with Gasteiger partial charge in [-0.15, -0.1) is 0 Å². The summed E-state index contributed by atoms with van der Waals surface area (Å²) in [7, 11) is 3.81. The van der Waals surface area contributed by atoms with Gasteiger partial charge in [0.15, 0.2) is 0 Å². The first kappa shape index (κ1) is 13.4. The van der Waals surface area contributed by atoms with Crippen LogP contribution < -0.4 is 10.2 Å². The topological polar surface area (TPSA) is 65.5 Å². The number of hydrogen-bond acceptors (Lipinski definition) is 4. The average Bonchev–Trinajstić information content (AvgIpc) is 2.27. The van der Waals surface area contributed by atoms with Crippen molar-refractivity contribution >= 4 is 17.4 Å². The standard InChI is InChI=1S/C12H19N3O2/c1-9(16)4-7-12(17)14-10-5-6-11(13-8-10)15(2)3/h5-6,8-9,16H,4,7H2,1-3H3,(H,14,17). The highest BCUT2D eigenvalue weighted by atomic mass is 16.3. The van der Waals surface area contributed by atoms with Gasteiger partial charge in [0.2, 0.25) is 5.91 Å². The monoisotopic (exact) mass is 237 g/mol. The van der Waals surface area contributed by atoms with Crippen LogP contribution in [-0.4, -0.2) is 36.2 Å². The molecule has 5 nitrogen and oxygen atoms in total. The van der Waals surface area contributed by atoms with Crippen molar-refractivity contribution in [1.29, 1.82) is 0 Å². The number of hydrogen-bond donors (Lipinski definition) is 2. The van der Waals surface area contributed by atoms with Gasteiger partial charge in [0.25, 0.3) is 0 Å². The van der Waals surface area contributed by atoms with Gasteiger partial charge in [-0.25, -0.2) is 4.98 Å². The van der Waals surface area contributed by atoms with E-state index in [0.29, 0.717) is 18.5 Å². The predicted octanol–water partition coefficient (Wildman–Crippen LogP) is 1.25. The van der Waals surface area contributed by atoms with Crippen LogP contribution in [0.5, 0.6) is 0 Å². The van der Waals surface area contributed by atoms with E-state index >= 15 is 0 Å². The van der Waals surface area contributed by atoms with E-state index in [1.807, 2.05) is 31.1 Å². The molecule has 17 heavy (non-hydrogen) atoms. The molecule has 0 saturated heterocycles. The number of amides is 1. The molecule has 0 aliphatic heterocycles. The van der Waals surface area contributed by atoms with Crippen LogP contribution in [0.3, 0.4) is 0 Å². The van der Waals surface area contributed by atoms with Gasteiger partial charge < -0.3 is 15.3 Å². The third-order valence-corrected chi connectivity index (χ3v) is 2.28. The Hall–Kier alpha value is -1.62. The molecule has 1 atom stereocenters. The first-order valence-corrected chi connectivity index (χ1v) is 5.60. The molecule has 1 aromatic heterocycles. The molecule has 1 heterocycles. The van der Waals surface area contributed by atoms with Gasteiger partial charge in [-0.3, -0.25) is 4.79 Å². The summed E-state index contributed by atoms with van der Waals surface area (Å²) in [5, 5.41) is 11.8. The van der Waals surface area contributed by atoms with Gasteiger partial charge >= 0.3 is 0 Å². The lowest BCUT2D eigenvalue weighted by Gasteiger charge is -2.11. The second-order valence-electron chi connectivity index (χ2n) is 4.24. The Kier molecular flexibility index (Phi) is 4.90. The second kappa shape index (κ2) is 6.20. The number of anilines is 2. The first-order chi connectivity index (χ1) is 7.99. The normalized spacial score (nSPS) is 12.0. The van der Waals surface area contributed by atoms with Crippen LogP contribution in [0.15, 0.2) is 18.3 Å². The van der Waals surface area contributed by atoms with Crippen LogP contribution in [0.25, 0.3) is 0 Å². The van der Waals surface area contributed by atoms with Crippen molar-refractivity contribution in [2.24, 2.45) is 0 Å². The van der Waals surface area contributed by atoms with Crippen LogP contribution in [-0.2, 0) is 4.79 Å². The van der Waals surface area contributed by atoms with Gasteiger partial charge in [-0.05, 0) is 25.5 Å². The third-order valence-electron chi connectivity index (χ3n) is 2.28. The number of pyridine rings is 1. The zero-order valence-electron chi connectivity index (χ0n) is 10.5. The molecule has 0 spiro atoms. The quantitative estimate of drug-likeness (QED) is 0.809. The molecule has 0 aliphatic carbocycles. The van der Waals surface area contributed by atoms with Gasteiger partial charge in [-0.1, -0.05) is 0 Å². The average molecular weight is 237 g/mol. The molecule has 5 heteroatoms. The van der Waals surface area contributed by atoms with Gasteiger partial charge in [0.1, 0.15) is 5.82 Å². The lowest BCUT2D eigenvalue weighted by atomic mass is 10.2. The van der Waals surface area contributed by atoms with Gasteiger partial charge in [-0.2, -0.15) is 0 Å². The van der Waals surface area contributed by atoms with Crippen LogP contribution in [0.1, 0.15) is 19.8 Å². The summed E-state index contributed by atoms with van der Waals surface area (Å²) in [6, 6.07) is 3.65. The highest BCUT2D eigenvalue weighted by Gasteiger charge is 2.05. The fourth-order valence-electron chi connectivity index (χ4n) is 1.29. The Morgan fingerprint density at radius 3 is 2.71 bits per heavy atom. The molecule has 1 aromatic rings. The molecule has 0 aromatic carbocycles. The van der Waals surface area contributed by atoms with Crippen LogP contribution in [0, 0.1) is 0 Å². The minimum Gasteiger partial charge on any atom is -0.393 e. The van der Waals surface area contributed by atoms with Crippen molar-refractivity contribution < 1.29 is 9.90 Å². The Labute approximate surface area is 101 Å². The number of aromatic nitrogens is 1. The maximum absolute atomic E-state index is 11.5. The van der Waals surface area contributed by atoms with E-state index in [2.05, 4.69) is 10.3 Å². The first-order valence-electron chi connectivity index (χ1n) is 5.60. The molecule has 0 aliphatic rings. The van der Waals surface area contributed by atoms with E-state index in [0.717, 1.165) is 5.82 Å². The summed E-state index contributed by atoms with van der Waals surface area (Å²) < 4.78 is 0. The number of carbonyl (C=O) groups excluding carboxylic acids is 1. The van der Waals surface area contributed by atoms with E-state index in [1.165, 1.54) is 0 Å². The van der Waals surface area contributed by atoms with Crippen molar-refractivity contribution in [3.63, 3.8) is 0 Å².